The molecule has 5 heteroatoms. The lowest BCUT2D eigenvalue weighted by molar-refractivity contribution is 0.230. The van der Waals surface area contributed by atoms with Crippen LogP contribution in [0.4, 0.5) is 0 Å². The molecule has 0 spiro atoms. The fraction of sp³-hybridized carbons (Fsp3) is 0.308. The second kappa shape index (κ2) is 5.61. The largest absolute Gasteiger partial charge is 0.361 e. The van der Waals surface area contributed by atoms with Gasteiger partial charge in [-0.25, -0.2) is 0 Å². The number of hydrogen-bond acceptors (Lipinski definition) is 4. The Hall–Kier alpha value is -1.22. The van der Waals surface area contributed by atoms with E-state index in [1.165, 1.54) is 0 Å². The summed E-state index contributed by atoms with van der Waals surface area (Å²) >= 11 is 0. The number of nitrogens with zero attached hydrogens (tertiary/aromatic N) is 1. The van der Waals surface area contributed by atoms with Crippen LogP contribution in [0.25, 0.3) is 10.8 Å². The quantitative estimate of drug-likeness (QED) is 0.779. The van der Waals surface area contributed by atoms with Crippen LogP contribution in [0.5, 0.6) is 0 Å². The zero-order chi connectivity index (χ0) is 13.0. The highest BCUT2D eigenvalue weighted by Crippen LogP contribution is 2.47. The van der Waals surface area contributed by atoms with E-state index in [0.29, 0.717) is 18.5 Å². The summed E-state index contributed by atoms with van der Waals surface area (Å²) in [5.41, 5.74) is 0. The van der Waals surface area contributed by atoms with Crippen LogP contribution in [-0.4, -0.2) is 18.2 Å². The lowest BCUT2D eigenvalue weighted by Crippen LogP contribution is -2.10. The maximum atomic E-state index is 12.6. The SMILES string of the molecule is CCOP(=O)(OCC)c1ccc2ccncc2c1. The van der Waals surface area contributed by atoms with Crippen LogP contribution in [0.15, 0.2) is 36.7 Å². The summed E-state index contributed by atoms with van der Waals surface area (Å²) in [7, 11) is -3.20. The van der Waals surface area contributed by atoms with Crippen molar-refractivity contribution >= 4 is 23.7 Å². The van der Waals surface area contributed by atoms with Crippen LogP contribution in [0.3, 0.4) is 0 Å². The average Bonchev–Trinajstić information content (AvgIpc) is 2.39. The molecule has 1 aromatic heterocycles. The van der Waals surface area contributed by atoms with Gasteiger partial charge >= 0.3 is 7.60 Å². The first kappa shape index (κ1) is 13.2. The third-order valence-electron chi connectivity index (χ3n) is 2.54. The molecule has 0 radical (unpaired) electrons. The molecule has 0 amide bonds. The Morgan fingerprint density at radius 3 is 2.50 bits per heavy atom. The fourth-order valence-corrected chi connectivity index (χ4v) is 3.38. The van der Waals surface area contributed by atoms with Crippen molar-refractivity contribution in [2.45, 2.75) is 13.8 Å². The lowest BCUT2D eigenvalue weighted by atomic mass is 10.2. The highest BCUT2D eigenvalue weighted by molar-refractivity contribution is 7.62. The summed E-state index contributed by atoms with van der Waals surface area (Å²) in [6.45, 7) is 4.30. The topological polar surface area (TPSA) is 48.4 Å². The molecule has 2 aromatic rings. The van der Waals surface area contributed by atoms with E-state index in [2.05, 4.69) is 4.98 Å². The van der Waals surface area contributed by atoms with E-state index in [0.717, 1.165) is 10.8 Å². The smallest absolute Gasteiger partial charge is 0.305 e. The van der Waals surface area contributed by atoms with Gasteiger partial charge in [0, 0.05) is 17.8 Å². The Morgan fingerprint density at radius 2 is 1.83 bits per heavy atom. The van der Waals surface area contributed by atoms with Gasteiger partial charge in [0.25, 0.3) is 0 Å². The number of rotatable bonds is 5. The molecule has 0 N–H and O–H groups in total. The molecule has 0 saturated carbocycles. The van der Waals surface area contributed by atoms with Gasteiger partial charge in [-0.05, 0) is 37.4 Å². The Kier molecular flexibility index (Phi) is 4.12. The van der Waals surface area contributed by atoms with Gasteiger partial charge in [-0.2, -0.15) is 0 Å². The van der Waals surface area contributed by atoms with E-state index in [1.54, 1.807) is 32.3 Å². The second-order valence-corrected chi connectivity index (χ2v) is 5.77. The Morgan fingerprint density at radius 1 is 1.11 bits per heavy atom. The Bertz CT molecular complexity index is 575. The normalized spacial score (nSPS) is 11.9. The van der Waals surface area contributed by atoms with Crippen molar-refractivity contribution < 1.29 is 13.6 Å². The summed E-state index contributed by atoms with van der Waals surface area (Å²) in [5, 5.41) is 2.55. The first-order valence-electron chi connectivity index (χ1n) is 5.93. The van der Waals surface area contributed by atoms with Gasteiger partial charge in [-0.3, -0.25) is 9.55 Å². The number of benzene rings is 1. The highest BCUT2D eigenvalue weighted by atomic mass is 31.2. The van der Waals surface area contributed by atoms with Gasteiger partial charge in [0.05, 0.1) is 18.5 Å². The fourth-order valence-electron chi connectivity index (χ4n) is 1.77. The average molecular weight is 265 g/mol. The van der Waals surface area contributed by atoms with Gasteiger partial charge in [-0.1, -0.05) is 6.07 Å². The molecule has 1 heterocycles. The van der Waals surface area contributed by atoms with E-state index >= 15 is 0 Å². The summed E-state index contributed by atoms with van der Waals surface area (Å²) in [6.07, 6.45) is 3.47. The van der Waals surface area contributed by atoms with Crippen LogP contribution in [0, 0.1) is 0 Å². The third kappa shape index (κ3) is 2.61. The molecule has 0 fully saturated rings. The maximum absolute atomic E-state index is 12.6. The van der Waals surface area contributed by atoms with E-state index in [1.807, 2.05) is 18.2 Å². The molecule has 0 atom stereocenters. The molecule has 0 aliphatic rings. The number of aromatic nitrogens is 1. The Balaban J connectivity index is 2.47. The Labute approximate surface area is 106 Å². The molecule has 96 valence electrons. The number of pyridine rings is 1. The third-order valence-corrected chi connectivity index (χ3v) is 4.65. The van der Waals surface area contributed by atoms with Crippen LogP contribution >= 0.6 is 7.60 Å². The van der Waals surface area contributed by atoms with E-state index < -0.39 is 7.60 Å². The van der Waals surface area contributed by atoms with Crippen molar-refractivity contribution in [1.82, 2.24) is 4.98 Å². The molecule has 1 aromatic carbocycles. The summed E-state index contributed by atoms with van der Waals surface area (Å²) in [5.74, 6) is 0. The van der Waals surface area contributed by atoms with Gasteiger partial charge in [-0.15, -0.1) is 0 Å². The molecular weight excluding hydrogens is 249 g/mol. The zero-order valence-corrected chi connectivity index (χ0v) is 11.4. The highest BCUT2D eigenvalue weighted by Gasteiger charge is 2.26. The summed E-state index contributed by atoms with van der Waals surface area (Å²) < 4.78 is 23.2. The molecule has 4 nitrogen and oxygen atoms in total. The molecule has 0 bridgehead atoms. The van der Waals surface area contributed by atoms with Crippen LogP contribution in [-0.2, 0) is 13.6 Å². The standard InChI is InChI=1S/C13H16NO3P/c1-3-16-18(15,17-4-2)13-6-5-11-7-8-14-10-12(11)9-13/h5-10H,3-4H2,1-2H3. The van der Waals surface area contributed by atoms with Crippen molar-refractivity contribution in [3.63, 3.8) is 0 Å². The molecule has 0 unspecified atom stereocenters. The van der Waals surface area contributed by atoms with Crippen LogP contribution in [0.1, 0.15) is 13.8 Å². The molecule has 2 rings (SSSR count). The van der Waals surface area contributed by atoms with E-state index in [-0.39, 0.29) is 0 Å². The second-order valence-electron chi connectivity index (χ2n) is 3.74. The first-order valence-corrected chi connectivity index (χ1v) is 7.47. The van der Waals surface area contributed by atoms with Crippen molar-refractivity contribution in [2.24, 2.45) is 0 Å². The van der Waals surface area contributed by atoms with Crippen LogP contribution in [0.2, 0.25) is 0 Å². The van der Waals surface area contributed by atoms with Crippen molar-refractivity contribution in [2.75, 3.05) is 13.2 Å². The molecule has 0 saturated heterocycles. The molecule has 18 heavy (non-hydrogen) atoms. The summed E-state index contributed by atoms with van der Waals surface area (Å²) in [4.78, 5) is 4.06. The van der Waals surface area contributed by atoms with E-state index in [9.17, 15) is 4.57 Å². The van der Waals surface area contributed by atoms with Gasteiger partial charge < -0.3 is 9.05 Å². The zero-order valence-electron chi connectivity index (χ0n) is 10.5. The van der Waals surface area contributed by atoms with Gasteiger partial charge in [0.2, 0.25) is 0 Å². The molecule has 0 aliphatic carbocycles. The monoisotopic (exact) mass is 265 g/mol. The van der Waals surface area contributed by atoms with Crippen molar-refractivity contribution in [3.05, 3.63) is 36.7 Å². The minimum absolute atomic E-state index is 0.350. The van der Waals surface area contributed by atoms with Crippen LogP contribution < -0.4 is 5.30 Å². The summed E-state index contributed by atoms with van der Waals surface area (Å²) in [6, 6.07) is 7.41. The van der Waals surface area contributed by atoms with E-state index in [4.69, 9.17) is 9.05 Å². The number of fused-ring (bicyclic) bond motifs is 1. The van der Waals surface area contributed by atoms with Gasteiger partial charge in [0.15, 0.2) is 0 Å². The molecular formula is C13H16NO3P. The minimum Gasteiger partial charge on any atom is -0.305 e. The maximum Gasteiger partial charge on any atom is 0.361 e. The minimum atomic E-state index is -3.20. The van der Waals surface area contributed by atoms with Gasteiger partial charge in [0.1, 0.15) is 0 Å². The number of hydrogen-bond donors (Lipinski definition) is 0. The van der Waals surface area contributed by atoms with Crippen molar-refractivity contribution in [3.8, 4) is 0 Å². The lowest BCUT2D eigenvalue weighted by Gasteiger charge is -2.17. The first-order chi connectivity index (χ1) is 8.69. The predicted molar refractivity (Wildman–Crippen MR) is 72.2 cm³/mol. The predicted octanol–water partition coefficient (Wildman–Crippen LogP) is 3.13. The van der Waals surface area contributed by atoms with Crippen molar-refractivity contribution in [1.29, 1.82) is 0 Å². The molecule has 0 aliphatic heterocycles.